The van der Waals surface area contributed by atoms with Crippen molar-refractivity contribution in [3.63, 3.8) is 0 Å². The van der Waals surface area contributed by atoms with Crippen LogP contribution in [0, 0.1) is 11.8 Å². The zero-order valence-electron chi connectivity index (χ0n) is 10.6. The number of carbonyl (C=O) groups excluding carboxylic acids is 1. The van der Waals surface area contributed by atoms with Crippen LogP contribution in [0.15, 0.2) is 11.8 Å². The van der Waals surface area contributed by atoms with Crippen molar-refractivity contribution >= 4 is 5.78 Å². The van der Waals surface area contributed by atoms with Crippen molar-refractivity contribution in [2.45, 2.75) is 19.3 Å². The third kappa shape index (κ3) is 2.46. The summed E-state index contributed by atoms with van der Waals surface area (Å²) < 4.78 is 0. The molecule has 16 heavy (non-hydrogen) atoms. The van der Waals surface area contributed by atoms with E-state index >= 15 is 0 Å². The lowest BCUT2D eigenvalue weighted by molar-refractivity contribution is -0.119. The summed E-state index contributed by atoms with van der Waals surface area (Å²) >= 11 is 0. The lowest BCUT2D eigenvalue weighted by atomic mass is 9.73. The smallest absolute Gasteiger partial charge is 0.160 e. The summed E-state index contributed by atoms with van der Waals surface area (Å²) in [6.45, 7) is 2.31. The van der Waals surface area contributed by atoms with Gasteiger partial charge in [0.15, 0.2) is 5.78 Å². The summed E-state index contributed by atoms with van der Waals surface area (Å²) in [6, 6.07) is 0. The SMILES string of the molecule is CN(C)/C=C1\CC2CN(C)CCC2CC1=O. The topological polar surface area (TPSA) is 23.6 Å². The molecule has 0 N–H and O–H groups in total. The summed E-state index contributed by atoms with van der Waals surface area (Å²) in [5.41, 5.74) is 1.03. The van der Waals surface area contributed by atoms with Crippen molar-refractivity contribution in [2.24, 2.45) is 11.8 Å². The number of Topliss-reactive ketones (excluding diaryl/α,β-unsaturated/α-hetero) is 1. The number of likely N-dealkylation sites (tertiary alicyclic amines) is 1. The minimum Gasteiger partial charge on any atom is -0.383 e. The normalized spacial score (nSPS) is 33.9. The molecule has 1 aliphatic carbocycles. The largest absolute Gasteiger partial charge is 0.383 e. The average molecular weight is 222 g/mol. The van der Waals surface area contributed by atoms with Gasteiger partial charge in [-0.3, -0.25) is 4.79 Å². The van der Waals surface area contributed by atoms with Gasteiger partial charge in [0.25, 0.3) is 0 Å². The fourth-order valence-corrected chi connectivity index (χ4v) is 2.96. The molecule has 1 saturated heterocycles. The maximum Gasteiger partial charge on any atom is 0.160 e. The quantitative estimate of drug-likeness (QED) is 0.626. The summed E-state index contributed by atoms with van der Waals surface area (Å²) in [6.07, 6.45) is 4.96. The van der Waals surface area contributed by atoms with Gasteiger partial charge in [0.1, 0.15) is 0 Å². The molecule has 2 fully saturated rings. The van der Waals surface area contributed by atoms with Gasteiger partial charge in [0, 0.05) is 38.8 Å². The summed E-state index contributed by atoms with van der Waals surface area (Å²) in [5.74, 6) is 1.71. The first-order chi connectivity index (χ1) is 7.56. The second kappa shape index (κ2) is 4.58. The van der Waals surface area contributed by atoms with E-state index in [9.17, 15) is 4.79 Å². The fraction of sp³-hybridized carbons (Fsp3) is 0.769. The van der Waals surface area contributed by atoms with Gasteiger partial charge in [-0.15, -0.1) is 0 Å². The Balaban J connectivity index is 2.08. The maximum atomic E-state index is 12.0. The van der Waals surface area contributed by atoms with E-state index in [1.807, 2.05) is 25.2 Å². The number of piperidine rings is 1. The number of carbonyl (C=O) groups is 1. The minimum atomic E-state index is 0.375. The molecule has 2 aliphatic rings. The van der Waals surface area contributed by atoms with Crippen LogP contribution in [0.4, 0.5) is 0 Å². The lowest BCUT2D eigenvalue weighted by Gasteiger charge is -2.40. The molecule has 90 valence electrons. The van der Waals surface area contributed by atoms with E-state index < -0.39 is 0 Å². The zero-order valence-corrected chi connectivity index (χ0v) is 10.6. The van der Waals surface area contributed by atoms with E-state index in [0.29, 0.717) is 17.6 Å². The number of allylic oxidation sites excluding steroid dienone is 1. The molecular formula is C13H22N2O. The molecule has 1 aliphatic heterocycles. The Morgan fingerprint density at radius 3 is 2.75 bits per heavy atom. The van der Waals surface area contributed by atoms with Crippen LogP contribution in [0.5, 0.6) is 0 Å². The van der Waals surface area contributed by atoms with Crippen LogP contribution in [-0.4, -0.2) is 49.8 Å². The number of nitrogens with zero attached hydrogens (tertiary/aromatic N) is 2. The van der Waals surface area contributed by atoms with Gasteiger partial charge in [-0.2, -0.15) is 0 Å². The molecule has 2 unspecified atom stereocenters. The average Bonchev–Trinajstić information content (AvgIpc) is 2.19. The van der Waals surface area contributed by atoms with Crippen molar-refractivity contribution in [1.29, 1.82) is 0 Å². The first-order valence-corrected chi connectivity index (χ1v) is 6.15. The predicted octanol–water partition coefficient (Wildman–Crippen LogP) is 1.36. The number of ketones is 1. The van der Waals surface area contributed by atoms with Gasteiger partial charge in [0.05, 0.1) is 0 Å². The molecule has 0 spiro atoms. The van der Waals surface area contributed by atoms with Crippen molar-refractivity contribution in [3.8, 4) is 0 Å². The van der Waals surface area contributed by atoms with Crippen LogP contribution in [0.1, 0.15) is 19.3 Å². The Hall–Kier alpha value is -0.830. The van der Waals surface area contributed by atoms with Crippen LogP contribution in [0.3, 0.4) is 0 Å². The Morgan fingerprint density at radius 1 is 1.31 bits per heavy atom. The highest BCUT2D eigenvalue weighted by molar-refractivity contribution is 5.96. The Morgan fingerprint density at radius 2 is 2.06 bits per heavy atom. The third-order valence-corrected chi connectivity index (χ3v) is 3.80. The second-order valence-electron chi connectivity index (χ2n) is 5.52. The van der Waals surface area contributed by atoms with Gasteiger partial charge < -0.3 is 9.80 Å². The molecule has 0 amide bonds. The van der Waals surface area contributed by atoms with Crippen LogP contribution in [0.25, 0.3) is 0 Å². The first kappa shape index (κ1) is 11.6. The molecule has 2 rings (SSSR count). The molecule has 0 aromatic carbocycles. The Labute approximate surface area is 98.1 Å². The summed E-state index contributed by atoms with van der Waals surface area (Å²) in [7, 11) is 6.15. The van der Waals surface area contributed by atoms with E-state index in [2.05, 4.69) is 11.9 Å². The van der Waals surface area contributed by atoms with E-state index in [1.165, 1.54) is 6.42 Å². The van der Waals surface area contributed by atoms with Gasteiger partial charge >= 0.3 is 0 Å². The Bertz CT molecular complexity index is 309. The van der Waals surface area contributed by atoms with Gasteiger partial charge in [-0.05, 0) is 38.3 Å². The summed E-state index contributed by atoms with van der Waals surface area (Å²) in [5, 5.41) is 0. The predicted molar refractivity (Wildman–Crippen MR) is 65.1 cm³/mol. The minimum absolute atomic E-state index is 0.375. The highest BCUT2D eigenvalue weighted by Gasteiger charge is 2.35. The molecular weight excluding hydrogens is 200 g/mol. The van der Waals surface area contributed by atoms with Crippen LogP contribution in [0.2, 0.25) is 0 Å². The number of hydrogen-bond acceptors (Lipinski definition) is 3. The van der Waals surface area contributed by atoms with Crippen LogP contribution in [-0.2, 0) is 4.79 Å². The number of fused-ring (bicyclic) bond motifs is 1. The van der Waals surface area contributed by atoms with E-state index in [0.717, 1.165) is 31.5 Å². The highest BCUT2D eigenvalue weighted by atomic mass is 16.1. The number of rotatable bonds is 1. The van der Waals surface area contributed by atoms with Crippen molar-refractivity contribution in [3.05, 3.63) is 11.8 Å². The lowest BCUT2D eigenvalue weighted by Crippen LogP contribution is -2.42. The number of hydrogen-bond donors (Lipinski definition) is 0. The standard InChI is InChI=1S/C13H22N2O/c1-14(2)8-12-6-11-9-15(3)5-4-10(11)7-13(12)16/h8,10-11H,4-7,9H2,1-3H3/b12-8+. The van der Waals surface area contributed by atoms with Crippen LogP contribution >= 0.6 is 0 Å². The fourth-order valence-electron chi connectivity index (χ4n) is 2.96. The molecule has 0 radical (unpaired) electrons. The van der Waals surface area contributed by atoms with E-state index in [-0.39, 0.29) is 0 Å². The van der Waals surface area contributed by atoms with Crippen molar-refractivity contribution < 1.29 is 4.79 Å². The zero-order chi connectivity index (χ0) is 11.7. The third-order valence-electron chi connectivity index (χ3n) is 3.80. The second-order valence-corrected chi connectivity index (χ2v) is 5.52. The molecule has 3 nitrogen and oxygen atoms in total. The summed E-state index contributed by atoms with van der Waals surface area (Å²) in [4.78, 5) is 16.3. The van der Waals surface area contributed by atoms with E-state index in [1.54, 1.807) is 0 Å². The van der Waals surface area contributed by atoms with Gasteiger partial charge in [0.2, 0.25) is 0 Å². The highest BCUT2D eigenvalue weighted by Crippen LogP contribution is 2.36. The Kier molecular flexibility index (Phi) is 3.33. The molecule has 0 aromatic heterocycles. The molecule has 0 bridgehead atoms. The monoisotopic (exact) mass is 222 g/mol. The van der Waals surface area contributed by atoms with Crippen LogP contribution < -0.4 is 0 Å². The molecule has 1 saturated carbocycles. The molecule has 1 heterocycles. The molecule has 2 atom stereocenters. The van der Waals surface area contributed by atoms with Gasteiger partial charge in [-0.25, -0.2) is 0 Å². The van der Waals surface area contributed by atoms with Gasteiger partial charge in [-0.1, -0.05) is 0 Å². The van der Waals surface area contributed by atoms with Crippen molar-refractivity contribution in [2.75, 3.05) is 34.2 Å². The first-order valence-electron chi connectivity index (χ1n) is 6.15. The van der Waals surface area contributed by atoms with E-state index in [4.69, 9.17) is 0 Å². The van der Waals surface area contributed by atoms with Crippen molar-refractivity contribution in [1.82, 2.24) is 9.80 Å². The maximum absolute atomic E-state index is 12.0. The molecule has 0 aromatic rings. The molecule has 3 heteroatoms.